The number of hydrogen-bond donors (Lipinski definition) is 6. The van der Waals surface area contributed by atoms with E-state index in [2.05, 4.69) is 62.2 Å². The lowest BCUT2D eigenvalue weighted by atomic mass is 10.0. The van der Waals surface area contributed by atoms with Crippen molar-refractivity contribution < 1.29 is 61.8 Å². The number of piperidine rings is 2. The molecule has 18 rings (SSSR count). The van der Waals surface area contributed by atoms with Gasteiger partial charge in [-0.3, -0.25) is 68.4 Å². The minimum atomic E-state index is -1.01. The fourth-order valence-corrected chi connectivity index (χ4v) is 16.7. The van der Waals surface area contributed by atoms with Crippen molar-refractivity contribution in [3.8, 4) is 22.8 Å². The monoisotopic (exact) mass is 1610 g/mol. The lowest BCUT2D eigenvalue weighted by Gasteiger charge is -2.35. The Hall–Kier alpha value is -13.5. The number of carbonyl (C=O) groups is 10. The highest BCUT2D eigenvalue weighted by molar-refractivity contribution is 6.25. The summed E-state index contributed by atoms with van der Waals surface area (Å²) in [7, 11) is 0. The SMILES string of the molecule is Fc1cccc([C@H]2CCCN2c2ccc3ncc(-c4cccc(N5CCNCC5)n4)n3n2)c1.O=C(O)CCCCNc1ccc2c(c1)C(=O)N(C1CCC(=O)NC1=O)C2=O.O=C1CCC(N2C(=O)c3ccc(NCCCCC(=O)N4CCN(c5cccc(-c6cnc7ccc(N8CCC[C@@H]8c8cccc(F)c8)nn67)n5)CC4)cc3C2=O)C(=O)N1. The highest BCUT2D eigenvalue weighted by Gasteiger charge is 2.47. The van der Waals surface area contributed by atoms with Gasteiger partial charge in [-0.1, -0.05) is 36.4 Å². The number of carbonyl (C=O) groups excluding carboxylic acids is 9. The number of imide groups is 4. The van der Waals surface area contributed by atoms with Crippen LogP contribution in [0, 0.1) is 11.6 Å². The summed E-state index contributed by atoms with van der Waals surface area (Å²) in [6, 6.07) is 41.5. The number of nitrogens with zero attached hydrogens (tertiary/aromatic N) is 15. The number of imidazole rings is 2. The Morgan fingerprint density at radius 3 is 1.37 bits per heavy atom. The third-order valence-electron chi connectivity index (χ3n) is 22.8. The first-order valence-electron chi connectivity index (χ1n) is 40.4. The third-order valence-corrected chi connectivity index (χ3v) is 22.8. The van der Waals surface area contributed by atoms with Gasteiger partial charge in [-0.05, 0) is 185 Å². The fraction of sp³-hybridized carbons (Fsp3) is 0.349. The predicted molar refractivity (Wildman–Crippen MR) is 436 cm³/mol. The van der Waals surface area contributed by atoms with Crippen LogP contribution >= 0.6 is 0 Å². The van der Waals surface area contributed by atoms with Crippen LogP contribution in [-0.2, 0) is 28.8 Å². The summed E-state index contributed by atoms with van der Waals surface area (Å²) in [4.78, 5) is 154. The number of aromatic nitrogens is 8. The number of benzene rings is 4. The van der Waals surface area contributed by atoms with Crippen molar-refractivity contribution in [3.05, 3.63) is 203 Å². The first-order chi connectivity index (χ1) is 57.9. The van der Waals surface area contributed by atoms with Crippen molar-refractivity contribution in [1.82, 2.24) is 69.8 Å². The van der Waals surface area contributed by atoms with Crippen molar-refractivity contribution in [2.24, 2.45) is 0 Å². The average Bonchev–Trinajstić information content (AvgIpc) is 1.60. The molecule has 31 nitrogen and oxygen atoms in total. The van der Waals surface area contributed by atoms with Gasteiger partial charge < -0.3 is 45.6 Å². The maximum absolute atomic E-state index is 14.1. The summed E-state index contributed by atoms with van der Waals surface area (Å²) < 4.78 is 31.6. The van der Waals surface area contributed by atoms with E-state index in [9.17, 15) is 56.7 Å². The molecule has 8 aliphatic heterocycles. The number of halogens is 2. The second-order valence-electron chi connectivity index (χ2n) is 30.5. The fourth-order valence-electron chi connectivity index (χ4n) is 16.7. The zero-order valence-corrected chi connectivity index (χ0v) is 65.2. The Morgan fingerprint density at radius 1 is 0.454 bits per heavy atom. The van der Waals surface area contributed by atoms with Gasteiger partial charge in [-0.2, -0.15) is 0 Å². The normalized spacial score (nSPS) is 19.2. The number of carboxylic acid groups (broad SMARTS) is 1. The molecule has 119 heavy (non-hydrogen) atoms. The van der Waals surface area contributed by atoms with Crippen LogP contribution in [0.15, 0.2) is 158 Å². The molecule has 10 aromatic rings. The van der Waals surface area contributed by atoms with Crippen LogP contribution in [0.3, 0.4) is 0 Å². The molecular formula is C86H88F2N20O11. The molecule has 0 radical (unpaired) electrons. The molecule has 33 heteroatoms. The number of rotatable bonds is 22. The van der Waals surface area contributed by atoms with Gasteiger partial charge in [0.2, 0.25) is 29.5 Å². The average molecular weight is 1620 g/mol. The zero-order valence-electron chi connectivity index (χ0n) is 65.2. The van der Waals surface area contributed by atoms with Gasteiger partial charge in [0.05, 0.1) is 58.1 Å². The molecule has 6 aromatic heterocycles. The highest BCUT2D eigenvalue weighted by atomic mass is 19.1. The van der Waals surface area contributed by atoms with Gasteiger partial charge in [0.1, 0.15) is 58.4 Å². The van der Waals surface area contributed by atoms with Crippen LogP contribution < -0.4 is 46.2 Å². The molecule has 4 atom stereocenters. The van der Waals surface area contributed by atoms with E-state index in [1.54, 1.807) is 60.8 Å². The van der Waals surface area contributed by atoms with Crippen LogP contribution in [0.25, 0.3) is 34.1 Å². The number of fused-ring (bicyclic) bond motifs is 4. The largest absolute Gasteiger partial charge is 0.481 e. The molecule has 6 N–H and O–H groups in total. The van der Waals surface area contributed by atoms with Crippen LogP contribution in [0.2, 0.25) is 0 Å². The second kappa shape index (κ2) is 35.2. The van der Waals surface area contributed by atoms with E-state index in [1.807, 2.05) is 86.9 Å². The molecule has 6 fully saturated rings. The van der Waals surface area contributed by atoms with E-state index in [4.69, 9.17) is 25.3 Å². The van der Waals surface area contributed by atoms with Gasteiger partial charge >= 0.3 is 5.97 Å². The molecule has 0 spiro atoms. The van der Waals surface area contributed by atoms with Crippen molar-refractivity contribution >= 4 is 105 Å². The molecule has 612 valence electrons. The Bertz CT molecular complexity index is 5610. The van der Waals surface area contributed by atoms with Crippen LogP contribution in [0.1, 0.15) is 155 Å². The number of carboxylic acids is 1. The predicted octanol–water partition coefficient (Wildman–Crippen LogP) is 9.04. The van der Waals surface area contributed by atoms with E-state index in [0.29, 0.717) is 82.0 Å². The minimum absolute atomic E-state index is 0.0424. The summed E-state index contributed by atoms with van der Waals surface area (Å²) in [6.07, 6.45) is 11.0. The number of amides is 9. The van der Waals surface area contributed by atoms with E-state index in [1.165, 1.54) is 18.2 Å². The first-order valence-corrected chi connectivity index (χ1v) is 40.4. The topological polar surface area (TPSA) is 360 Å². The Kier molecular flexibility index (Phi) is 23.5. The number of hydrogen-bond acceptors (Lipinski definition) is 23. The molecule has 0 bridgehead atoms. The third kappa shape index (κ3) is 17.2. The Morgan fingerprint density at radius 2 is 0.908 bits per heavy atom. The molecule has 4 aromatic carbocycles. The van der Waals surface area contributed by atoms with Gasteiger partial charge in [0.25, 0.3) is 23.6 Å². The standard InChI is InChI=1S/C43H43FN10O5.C25H26FN7.C18H19N3O6/c44-28-7-3-6-27(24-28)33-9-5-19-52(33)38-16-15-36-46-26-35(54(36)49-38)32-8-4-10-37(47-32)50-20-22-51(23-21-50)40(56)11-1-2-18-45-29-12-13-30-31(25-29)43(59)53(42(30)58)34-14-17-39(55)48-41(34)57;26-19-5-1-4-18(16-19)21-7-3-13-32(21)25-10-9-23-28-17-22(33(23)30-25)20-6-2-8-24(29-20)31-14-11-27-12-15-31;22-14-7-6-13(16(25)20-14)21-17(26)11-5-4-10(9-12(11)18(21)27)19-8-2-1-3-15(23)24/h3-4,6-8,10,12-13,15-16,24-26,33-34,45H,1-2,5,9,11,14,17-23H2,(H,48,55,57);1-2,4-6,8-10,16-17,21,27H,3,7,11-15H2;4-5,9,13,19H,1-3,6-8H2,(H,23,24)(H,20,22,25)/t33-,34?;21-;/m11./s1. The number of aliphatic carboxylic acids is 1. The van der Waals surface area contributed by atoms with Gasteiger partial charge in [-0.15, -0.1) is 10.2 Å². The van der Waals surface area contributed by atoms with E-state index in [0.717, 1.165) is 144 Å². The summed E-state index contributed by atoms with van der Waals surface area (Å²) in [6.45, 7) is 9.11. The zero-order chi connectivity index (χ0) is 82.4. The van der Waals surface area contributed by atoms with Crippen LogP contribution in [0.4, 0.5) is 43.4 Å². The van der Waals surface area contributed by atoms with Gasteiger partial charge in [0.15, 0.2) is 11.3 Å². The number of pyridine rings is 2. The number of piperazine rings is 2. The van der Waals surface area contributed by atoms with Crippen molar-refractivity contribution in [1.29, 1.82) is 0 Å². The summed E-state index contributed by atoms with van der Waals surface area (Å²) >= 11 is 0. The summed E-state index contributed by atoms with van der Waals surface area (Å²) in [5.41, 5.74) is 8.83. The maximum Gasteiger partial charge on any atom is 0.303 e. The molecule has 9 amide bonds. The Balaban J connectivity index is 0.000000148. The minimum Gasteiger partial charge on any atom is -0.481 e. The van der Waals surface area contributed by atoms with E-state index < -0.39 is 65.3 Å². The smallest absolute Gasteiger partial charge is 0.303 e. The van der Waals surface area contributed by atoms with Crippen LogP contribution in [-0.4, -0.2) is 209 Å². The number of unbranched alkanes of at least 4 members (excludes halogenated alkanes) is 2. The molecule has 0 saturated carbocycles. The van der Waals surface area contributed by atoms with Crippen LogP contribution in [0.5, 0.6) is 0 Å². The lowest BCUT2D eigenvalue weighted by Crippen LogP contribution is -2.54. The second-order valence-corrected chi connectivity index (χ2v) is 30.5. The molecule has 0 aliphatic carbocycles. The molecule has 6 saturated heterocycles. The quantitative estimate of drug-likeness (QED) is 0.0272. The van der Waals surface area contributed by atoms with Gasteiger partial charge in [0, 0.05) is 116 Å². The summed E-state index contributed by atoms with van der Waals surface area (Å²) in [5, 5.41) is 32.7. The van der Waals surface area contributed by atoms with Gasteiger partial charge in [-0.25, -0.2) is 37.7 Å². The van der Waals surface area contributed by atoms with Crippen molar-refractivity contribution in [3.63, 3.8) is 0 Å². The number of anilines is 6. The Labute approximate surface area is 682 Å². The summed E-state index contributed by atoms with van der Waals surface area (Å²) in [5.74, 6) is -2.02. The molecular weight excluding hydrogens is 1530 g/mol. The first kappa shape index (κ1) is 79.4. The highest BCUT2D eigenvalue weighted by Crippen LogP contribution is 2.39. The molecule has 8 aliphatic rings. The molecule has 14 heterocycles. The van der Waals surface area contributed by atoms with Crippen molar-refractivity contribution in [2.45, 2.75) is 114 Å². The van der Waals surface area contributed by atoms with E-state index in [-0.39, 0.29) is 84.0 Å². The number of nitrogens with one attached hydrogen (secondary N) is 5. The maximum atomic E-state index is 14.1. The molecule has 2 unspecified atom stereocenters. The lowest BCUT2D eigenvalue weighted by molar-refractivity contribution is -0.138. The van der Waals surface area contributed by atoms with Crippen molar-refractivity contribution in [2.75, 3.05) is 109 Å². The van der Waals surface area contributed by atoms with E-state index >= 15 is 0 Å².